The predicted octanol–water partition coefficient (Wildman–Crippen LogP) is 3.45. The molecule has 0 saturated carbocycles. The van der Waals surface area contributed by atoms with Gasteiger partial charge < -0.3 is 14.4 Å². The molecule has 1 heterocycles. The average molecular weight is 362 g/mol. The van der Waals surface area contributed by atoms with Crippen molar-refractivity contribution >= 4 is 11.6 Å². The molecule has 1 aliphatic rings. The number of carbonyl (C=O) groups excluding carboxylic acids is 1. The summed E-state index contributed by atoms with van der Waals surface area (Å²) >= 11 is 0. The molecule has 0 bridgehead atoms. The van der Waals surface area contributed by atoms with E-state index in [0.29, 0.717) is 26.2 Å². The Labute approximate surface area is 161 Å². The molecule has 2 aromatic rings. The summed E-state index contributed by atoms with van der Waals surface area (Å²) in [6.07, 6.45) is 0.519. The molecule has 139 valence electrons. The van der Waals surface area contributed by atoms with Gasteiger partial charge in [-0.2, -0.15) is 0 Å². The number of para-hydroxylation sites is 1. The Morgan fingerprint density at radius 1 is 1.07 bits per heavy atom. The van der Waals surface area contributed by atoms with Crippen molar-refractivity contribution in [3.63, 3.8) is 0 Å². The van der Waals surface area contributed by atoms with Crippen molar-refractivity contribution < 1.29 is 14.3 Å². The van der Waals surface area contributed by atoms with Gasteiger partial charge in [0.05, 0.1) is 37.5 Å². The molecular weight excluding hydrogens is 338 g/mol. The molecule has 3 rings (SSSR count). The number of amides is 1. The Kier molecular flexibility index (Phi) is 6.64. The SMILES string of the molecule is C[C](CC1COCCO1)C(=O)N(C)c1ccccc1C#Cc1ccccc1. The third-order valence-electron chi connectivity index (χ3n) is 4.47. The molecule has 1 radical (unpaired) electrons. The fourth-order valence-corrected chi connectivity index (χ4v) is 3.01. The van der Waals surface area contributed by atoms with E-state index in [9.17, 15) is 4.79 Å². The van der Waals surface area contributed by atoms with E-state index in [4.69, 9.17) is 9.47 Å². The summed E-state index contributed by atoms with van der Waals surface area (Å²) in [6.45, 7) is 3.60. The van der Waals surface area contributed by atoms with Crippen molar-refractivity contribution in [3.8, 4) is 11.8 Å². The molecule has 4 heteroatoms. The summed E-state index contributed by atoms with van der Waals surface area (Å²) < 4.78 is 11.1. The molecule has 4 nitrogen and oxygen atoms in total. The molecule has 1 unspecified atom stereocenters. The predicted molar refractivity (Wildman–Crippen MR) is 106 cm³/mol. The zero-order valence-corrected chi connectivity index (χ0v) is 15.8. The number of ether oxygens (including phenoxy) is 2. The summed E-state index contributed by atoms with van der Waals surface area (Å²) in [5.41, 5.74) is 2.56. The number of hydrogen-bond donors (Lipinski definition) is 0. The molecule has 0 aliphatic carbocycles. The summed E-state index contributed by atoms with van der Waals surface area (Å²) in [5.74, 6) is 7.07. The highest BCUT2D eigenvalue weighted by Gasteiger charge is 2.25. The van der Waals surface area contributed by atoms with Crippen LogP contribution in [0, 0.1) is 17.8 Å². The first-order valence-electron chi connectivity index (χ1n) is 9.11. The maximum absolute atomic E-state index is 12.9. The molecular formula is C23H24NO3. The van der Waals surface area contributed by atoms with E-state index in [0.717, 1.165) is 22.7 Å². The number of carbonyl (C=O) groups is 1. The van der Waals surface area contributed by atoms with Crippen LogP contribution in [-0.2, 0) is 14.3 Å². The molecule has 27 heavy (non-hydrogen) atoms. The van der Waals surface area contributed by atoms with Crippen molar-refractivity contribution in [2.24, 2.45) is 0 Å². The first-order valence-corrected chi connectivity index (χ1v) is 9.11. The Morgan fingerprint density at radius 3 is 2.56 bits per heavy atom. The molecule has 0 aromatic heterocycles. The second kappa shape index (κ2) is 9.36. The molecule has 1 atom stereocenters. The molecule has 0 spiro atoms. The second-order valence-electron chi connectivity index (χ2n) is 6.55. The normalized spacial score (nSPS) is 16.5. The van der Waals surface area contributed by atoms with Gasteiger partial charge in [0.25, 0.3) is 0 Å². The van der Waals surface area contributed by atoms with Gasteiger partial charge in [-0.3, -0.25) is 4.79 Å². The van der Waals surface area contributed by atoms with Crippen molar-refractivity contribution in [1.82, 2.24) is 0 Å². The van der Waals surface area contributed by atoms with E-state index in [2.05, 4.69) is 11.8 Å². The summed E-state index contributed by atoms with van der Waals surface area (Å²) in [4.78, 5) is 14.5. The maximum atomic E-state index is 12.9. The molecule has 1 aliphatic heterocycles. The largest absolute Gasteiger partial charge is 0.376 e. The van der Waals surface area contributed by atoms with Crippen LogP contribution in [0.1, 0.15) is 24.5 Å². The first kappa shape index (κ1) is 19.2. The lowest BCUT2D eigenvalue weighted by atomic mass is 10.0. The number of nitrogens with zero attached hydrogens (tertiary/aromatic N) is 1. The third kappa shape index (κ3) is 5.19. The van der Waals surface area contributed by atoms with Crippen LogP contribution in [0.15, 0.2) is 54.6 Å². The maximum Gasteiger partial charge on any atom is 0.233 e. The third-order valence-corrected chi connectivity index (χ3v) is 4.47. The highest BCUT2D eigenvalue weighted by atomic mass is 16.6. The van der Waals surface area contributed by atoms with Crippen LogP contribution in [0.2, 0.25) is 0 Å². The fourth-order valence-electron chi connectivity index (χ4n) is 3.01. The van der Waals surface area contributed by atoms with E-state index in [1.54, 1.807) is 11.9 Å². The minimum absolute atomic E-state index is 0.0295. The zero-order valence-electron chi connectivity index (χ0n) is 15.8. The molecule has 1 amide bonds. The number of rotatable bonds is 4. The van der Waals surface area contributed by atoms with Gasteiger partial charge in [0, 0.05) is 18.2 Å². The molecule has 1 fully saturated rings. The van der Waals surface area contributed by atoms with Gasteiger partial charge >= 0.3 is 0 Å². The minimum atomic E-state index is -0.0517. The van der Waals surface area contributed by atoms with Crippen LogP contribution in [0.4, 0.5) is 5.69 Å². The second-order valence-corrected chi connectivity index (χ2v) is 6.55. The van der Waals surface area contributed by atoms with Gasteiger partial charge in [-0.25, -0.2) is 0 Å². The number of hydrogen-bond acceptors (Lipinski definition) is 3. The van der Waals surface area contributed by atoms with Crippen molar-refractivity contribution in [2.45, 2.75) is 19.4 Å². The standard InChI is InChI=1S/C23H24NO3/c1-18(16-21-17-26-14-15-27-21)23(25)24(2)22-11-7-6-10-20(22)13-12-19-8-4-3-5-9-19/h3-11,21H,14-17H2,1-2H3. The molecule has 0 N–H and O–H groups in total. The summed E-state index contributed by atoms with van der Waals surface area (Å²) in [7, 11) is 1.78. The van der Waals surface area contributed by atoms with Crippen LogP contribution in [0.3, 0.4) is 0 Å². The van der Waals surface area contributed by atoms with Crippen LogP contribution in [0.25, 0.3) is 0 Å². The van der Waals surface area contributed by atoms with Gasteiger partial charge in [-0.1, -0.05) is 42.2 Å². The zero-order chi connectivity index (χ0) is 19.1. The fraction of sp³-hybridized carbons (Fsp3) is 0.304. The molecule has 2 aromatic carbocycles. The van der Waals surface area contributed by atoms with Crippen LogP contribution >= 0.6 is 0 Å². The van der Waals surface area contributed by atoms with Gasteiger partial charge in [0.15, 0.2) is 0 Å². The Hall–Kier alpha value is -2.61. The monoisotopic (exact) mass is 362 g/mol. The smallest absolute Gasteiger partial charge is 0.233 e. The number of benzene rings is 2. The lowest BCUT2D eigenvalue weighted by Crippen LogP contribution is -2.36. The van der Waals surface area contributed by atoms with E-state index in [1.165, 1.54) is 0 Å². The van der Waals surface area contributed by atoms with Crippen LogP contribution in [0.5, 0.6) is 0 Å². The van der Waals surface area contributed by atoms with Crippen LogP contribution in [-0.4, -0.2) is 38.9 Å². The lowest BCUT2D eigenvalue weighted by Gasteiger charge is -2.27. The Morgan fingerprint density at radius 2 is 1.81 bits per heavy atom. The molecule has 1 saturated heterocycles. The first-order chi connectivity index (χ1) is 13.1. The van der Waals surface area contributed by atoms with Gasteiger partial charge in [0.2, 0.25) is 5.91 Å². The van der Waals surface area contributed by atoms with Crippen molar-refractivity contribution in [1.29, 1.82) is 0 Å². The highest BCUT2D eigenvalue weighted by Crippen LogP contribution is 2.23. The van der Waals surface area contributed by atoms with Crippen molar-refractivity contribution in [3.05, 3.63) is 71.6 Å². The quantitative estimate of drug-likeness (QED) is 0.782. The van der Waals surface area contributed by atoms with Crippen LogP contribution < -0.4 is 4.90 Å². The highest BCUT2D eigenvalue weighted by molar-refractivity contribution is 6.03. The summed E-state index contributed by atoms with van der Waals surface area (Å²) in [5, 5.41) is 0. The van der Waals surface area contributed by atoms with Gasteiger partial charge in [-0.15, -0.1) is 0 Å². The van der Waals surface area contributed by atoms with E-state index >= 15 is 0 Å². The topological polar surface area (TPSA) is 38.8 Å². The van der Waals surface area contributed by atoms with E-state index < -0.39 is 0 Å². The lowest BCUT2D eigenvalue weighted by molar-refractivity contribution is -0.119. The summed E-state index contributed by atoms with van der Waals surface area (Å²) in [6, 6.07) is 17.5. The average Bonchev–Trinajstić information content (AvgIpc) is 2.73. The Balaban J connectivity index is 1.73. The van der Waals surface area contributed by atoms with Gasteiger partial charge in [0.1, 0.15) is 0 Å². The number of anilines is 1. The minimum Gasteiger partial charge on any atom is -0.376 e. The van der Waals surface area contributed by atoms with Crippen molar-refractivity contribution in [2.75, 3.05) is 31.8 Å². The van der Waals surface area contributed by atoms with E-state index in [1.807, 2.05) is 61.5 Å². The Bertz CT molecular complexity index is 816. The van der Waals surface area contributed by atoms with Gasteiger partial charge in [-0.05, 0) is 37.6 Å². The van der Waals surface area contributed by atoms with E-state index in [-0.39, 0.29) is 12.0 Å².